The third kappa shape index (κ3) is 4.63. The molecule has 2 aromatic carbocycles. The SMILES string of the molecule is Cc1cc(C(=O)Nc2ccc(F)c(F)c2)nc(NCc2ccccc2C)n1. The molecule has 0 atom stereocenters. The molecule has 138 valence electrons. The van der Waals surface area contributed by atoms with E-state index in [1.165, 1.54) is 12.1 Å². The number of carbonyl (C=O) groups excluding carboxylic acids is 1. The summed E-state index contributed by atoms with van der Waals surface area (Å²) in [6.45, 7) is 4.27. The molecule has 27 heavy (non-hydrogen) atoms. The minimum absolute atomic E-state index is 0.125. The first-order valence-electron chi connectivity index (χ1n) is 8.33. The van der Waals surface area contributed by atoms with Crippen molar-refractivity contribution in [2.24, 2.45) is 0 Å². The zero-order valence-electron chi connectivity index (χ0n) is 14.9. The first kappa shape index (κ1) is 18.4. The Kier molecular flexibility index (Phi) is 5.40. The van der Waals surface area contributed by atoms with Crippen LogP contribution in [0.4, 0.5) is 20.4 Å². The molecule has 0 fully saturated rings. The Balaban J connectivity index is 1.75. The van der Waals surface area contributed by atoms with Crippen molar-refractivity contribution < 1.29 is 13.6 Å². The van der Waals surface area contributed by atoms with Crippen molar-refractivity contribution in [3.8, 4) is 0 Å². The molecule has 5 nitrogen and oxygen atoms in total. The Morgan fingerprint density at radius 1 is 1.00 bits per heavy atom. The van der Waals surface area contributed by atoms with Crippen molar-refractivity contribution >= 4 is 17.5 Å². The third-order valence-corrected chi connectivity index (χ3v) is 3.96. The first-order chi connectivity index (χ1) is 12.9. The van der Waals surface area contributed by atoms with Crippen molar-refractivity contribution in [1.29, 1.82) is 0 Å². The fourth-order valence-electron chi connectivity index (χ4n) is 2.52. The smallest absolute Gasteiger partial charge is 0.274 e. The number of anilines is 2. The van der Waals surface area contributed by atoms with E-state index >= 15 is 0 Å². The van der Waals surface area contributed by atoms with E-state index in [-0.39, 0.29) is 11.4 Å². The van der Waals surface area contributed by atoms with Crippen LogP contribution in [0, 0.1) is 25.5 Å². The lowest BCUT2D eigenvalue weighted by molar-refractivity contribution is 0.102. The lowest BCUT2D eigenvalue weighted by Gasteiger charge is -2.10. The molecule has 7 heteroatoms. The average Bonchev–Trinajstić information content (AvgIpc) is 2.63. The normalized spacial score (nSPS) is 10.5. The van der Waals surface area contributed by atoms with Gasteiger partial charge in [-0.15, -0.1) is 0 Å². The molecule has 0 radical (unpaired) electrons. The summed E-state index contributed by atoms with van der Waals surface area (Å²) in [7, 11) is 0. The number of rotatable bonds is 5. The predicted octanol–water partition coefficient (Wildman–Crippen LogP) is 4.24. The Bertz CT molecular complexity index is 991. The number of aryl methyl sites for hydroxylation is 2. The Hall–Kier alpha value is -3.35. The molecule has 0 aliphatic rings. The van der Waals surface area contributed by atoms with Gasteiger partial charge >= 0.3 is 0 Å². The molecule has 3 rings (SSSR count). The van der Waals surface area contributed by atoms with Crippen LogP contribution in [0.15, 0.2) is 48.5 Å². The zero-order valence-corrected chi connectivity index (χ0v) is 14.9. The van der Waals surface area contributed by atoms with Gasteiger partial charge in [-0.1, -0.05) is 24.3 Å². The maximum Gasteiger partial charge on any atom is 0.274 e. The number of hydrogen-bond acceptors (Lipinski definition) is 4. The van der Waals surface area contributed by atoms with E-state index in [9.17, 15) is 13.6 Å². The highest BCUT2D eigenvalue weighted by Crippen LogP contribution is 2.15. The summed E-state index contributed by atoms with van der Waals surface area (Å²) in [5.41, 5.74) is 3.10. The Morgan fingerprint density at radius 3 is 2.52 bits per heavy atom. The van der Waals surface area contributed by atoms with Crippen LogP contribution in [-0.2, 0) is 6.54 Å². The number of nitrogens with one attached hydrogen (secondary N) is 2. The topological polar surface area (TPSA) is 66.9 Å². The zero-order chi connectivity index (χ0) is 19.4. The van der Waals surface area contributed by atoms with Crippen LogP contribution >= 0.6 is 0 Å². The summed E-state index contributed by atoms with van der Waals surface area (Å²) in [6.07, 6.45) is 0. The number of amides is 1. The minimum atomic E-state index is -1.03. The van der Waals surface area contributed by atoms with E-state index in [0.29, 0.717) is 18.2 Å². The Labute approximate surface area is 155 Å². The van der Waals surface area contributed by atoms with Gasteiger partial charge in [-0.2, -0.15) is 0 Å². The van der Waals surface area contributed by atoms with E-state index in [1.807, 2.05) is 31.2 Å². The number of halogens is 2. The molecule has 0 spiro atoms. The summed E-state index contributed by atoms with van der Waals surface area (Å²) < 4.78 is 26.3. The summed E-state index contributed by atoms with van der Waals surface area (Å²) in [4.78, 5) is 20.9. The lowest BCUT2D eigenvalue weighted by Crippen LogP contribution is -2.16. The molecule has 0 unspecified atom stereocenters. The van der Waals surface area contributed by atoms with Gasteiger partial charge < -0.3 is 10.6 Å². The summed E-state index contributed by atoms with van der Waals surface area (Å²) in [5.74, 6) is -2.24. The van der Waals surface area contributed by atoms with Gasteiger partial charge in [-0.05, 0) is 43.2 Å². The van der Waals surface area contributed by atoms with Crippen LogP contribution in [0.3, 0.4) is 0 Å². The molecule has 0 bridgehead atoms. The van der Waals surface area contributed by atoms with Crippen molar-refractivity contribution in [2.75, 3.05) is 10.6 Å². The van der Waals surface area contributed by atoms with E-state index in [1.54, 1.807) is 6.92 Å². The first-order valence-corrected chi connectivity index (χ1v) is 8.33. The molecular weight excluding hydrogens is 350 g/mol. The highest BCUT2D eigenvalue weighted by Gasteiger charge is 2.12. The fraction of sp³-hybridized carbons (Fsp3) is 0.150. The highest BCUT2D eigenvalue weighted by molar-refractivity contribution is 6.03. The second-order valence-corrected chi connectivity index (χ2v) is 6.08. The van der Waals surface area contributed by atoms with Gasteiger partial charge in [-0.3, -0.25) is 4.79 Å². The fourth-order valence-corrected chi connectivity index (χ4v) is 2.52. The summed E-state index contributed by atoms with van der Waals surface area (Å²) in [5, 5.41) is 5.61. The molecule has 0 saturated heterocycles. The van der Waals surface area contributed by atoms with Gasteiger partial charge in [0, 0.05) is 24.0 Å². The quantitative estimate of drug-likeness (QED) is 0.707. The lowest BCUT2D eigenvalue weighted by atomic mass is 10.1. The van der Waals surface area contributed by atoms with Crippen molar-refractivity contribution in [3.63, 3.8) is 0 Å². The van der Waals surface area contributed by atoms with Gasteiger partial charge in [0.05, 0.1) is 0 Å². The molecule has 1 aromatic heterocycles. The number of aromatic nitrogens is 2. The molecule has 1 amide bonds. The molecule has 0 saturated carbocycles. The largest absolute Gasteiger partial charge is 0.350 e. The minimum Gasteiger partial charge on any atom is -0.350 e. The van der Waals surface area contributed by atoms with E-state index in [2.05, 4.69) is 20.6 Å². The van der Waals surface area contributed by atoms with Crippen LogP contribution in [-0.4, -0.2) is 15.9 Å². The average molecular weight is 368 g/mol. The summed E-state index contributed by atoms with van der Waals surface area (Å²) in [6, 6.07) is 12.6. The molecule has 0 aliphatic carbocycles. The van der Waals surface area contributed by atoms with E-state index in [0.717, 1.165) is 23.3 Å². The molecule has 3 aromatic rings. The van der Waals surface area contributed by atoms with E-state index in [4.69, 9.17) is 0 Å². The van der Waals surface area contributed by atoms with Gasteiger partial charge in [0.2, 0.25) is 5.95 Å². The second kappa shape index (κ2) is 7.90. The van der Waals surface area contributed by atoms with Gasteiger partial charge in [0.1, 0.15) is 5.69 Å². The number of carbonyl (C=O) groups is 1. The molecular formula is C20H18F2N4O. The van der Waals surface area contributed by atoms with Crippen LogP contribution in [0.2, 0.25) is 0 Å². The van der Waals surface area contributed by atoms with Gasteiger partial charge in [0.25, 0.3) is 5.91 Å². The predicted molar refractivity (Wildman–Crippen MR) is 99.6 cm³/mol. The maximum atomic E-state index is 13.3. The van der Waals surface area contributed by atoms with Crippen LogP contribution < -0.4 is 10.6 Å². The second-order valence-electron chi connectivity index (χ2n) is 6.08. The van der Waals surface area contributed by atoms with Gasteiger partial charge in [0.15, 0.2) is 11.6 Å². The van der Waals surface area contributed by atoms with Crippen LogP contribution in [0.1, 0.15) is 27.3 Å². The number of nitrogens with zero attached hydrogens (tertiary/aromatic N) is 2. The van der Waals surface area contributed by atoms with Crippen molar-refractivity contribution in [1.82, 2.24) is 9.97 Å². The maximum absolute atomic E-state index is 13.3. The number of hydrogen-bond donors (Lipinski definition) is 2. The van der Waals surface area contributed by atoms with Crippen LogP contribution in [0.5, 0.6) is 0 Å². The van der Waals surface area contributed by atoms with E-state index < -0.39 is 17.5 Å². The molecule has 2 N–H and O–H groups in total. The molecule has 0 aliphatic heterocycles. The highest BCUT2D eigenvalue weighted by atomic mass is 19.2. The third-order valence-electron chi connectivity index (χ3n) is 3.96. The van der Waals surface area contributed by atoms with Crippen molar-refractivity contribution in [3.05, 3.63) is 82.7 Å². The summed E-state index contributed by atoms with van der Waals surface area (Å²) >= 11 is 0. The molecule has 1 heterocycles. The standard InChI is InChI=1S/C20H18F2N4O/c1-12-5-3-4-6-14(12)11-23-20-24-13(2)9-18(26-20)19(27)25-15-7-8-16(21)17(22)10-15/h3-10H,11H2,1-2H3,(H,25,27)(H,23,24,26). The van der Waals surface area contributed by atoms with Crippen LogP contribution in [0.25, 0.3) is 0 Å². The number of benzene rings is 2. The van der Waals surface area contributed by atoms with Crippen molar-refractivity contribution in [2.45, 2.75) is 20.4 Å². The monoisotopic (exact) mass is 368 g/mol. The Morgan fingerprint density at radius 2 is 1.78 bits per heavy atom. The van der Waals surface area contributed by atoms with Gasteiger partial charge in [-0.25, -0.2) is 18.7 Å².